The second-order valence-electron chi connectivity index (χ2n) is 6.18. The lowest BCUT2D eigenvalue weighted by Crippen LogP contribution is -2.34. The number of anilines is 1. The van der Waals surface area contributed by atoms with Crippen molar-refractivity contribution in [1.82, 2.24) is 10.2 Å². The van der Waals surface area contributed by atoms with Crippen LogP contribution in [0.2, 0.25) is 0 Å². The number of carbonyl (C=O) groups is 2. The highest BCUT2D eigenvalue weighted by molar-refractivity contribution is 5.90. The normalized spacial score (nSPS) is 16.5. The Morgan fingerprint density at radius 2 is 2.04 bits per heavy atom. The summed E-state index contributed by atoms with van der Waals surface area (Å²) in [6.07, 6.45) is 7.62. The summed E-state index contributed by atoms with van der Waals surface area (Å²) >= 11 is 0. The molecule has 0 saturated carbocycles. The standard InChI is InChI=1S/C19H27N3O2/c1-3-22(15(2)23)14-17-11-7-8-12-18(17)21-19(24)20-13-16-9-5-4-6-10-16/h4-5,7-8,11-12,16H,3,6,9-10,13-14H2,1-2H3,(H2,20,21,24)/t16-/m1/s1. The highest BCUT2D eigenvalue weighted by atomic mass is 16.2. The van der Waals surface area contributed by atoms with Crippen molar-refractivity contribution in [2.24, 2.45) is 5.92 Å². The van der Waals surface area contributed by atoms with E-state index in [-0.39, 0.29) is 11.9 Å². The van der Waals surface area contributed by atoms with Crippen molar-refractivity contribution in [3.05, 3.63) is 42.0 Å². The molecule has 24 heavy (non-hydrogen) atoms. The molecule has 0 radical (unpaired) electrons. The van der Waals surface area contributed by atoms with Gasteiger partial charge in [0.25, 0.3) is 0 Å². The van der Waals surface area contributed by atoms with Crippen LogP contribution in [0.1, 0.15) is 38.7 Å². The molecule has 3 amide bonds. The number of nitrogens with one attached hydrogen (secondary N) is 2. The predicted octanol–water partition coefficient (Wildman–Crippen LogP) is 3.53. The average molecular weight is 329 g/mol. The molecule has 2 rings (SSSR count). The molecule has 0 fully saturated rings. The summed E-state index contributed by atoms with van der Waals surface area (Å²) in [5, 5.41) is 5.87. The van der Waals surface area contributed by atoms with Gasteiger partial charge in [-0.1, -0.05) is 30.4 Å². The highest BCUT2D eigenvalue weighted by Gasteiger charge is 2.13. The Bertz CT molecular complexity index is 598. The van der Waals surface area contributed by atoms with E-state index in [1.54, 1.807) is 11.8 Å². The van der Waals surface area contributed by atoms with E-state index < -0.39 is 0 Å². The first-order valence-electron chi connectivity index (χ1n) is 8.63. The molecule has 5 heteroatoms. The van der Waals surface area contributed by atoms with Gasteiger partial charge >= 0.3 is 6.03 Å². The molecule has 2 N–H and O–H groups in total. The Morgan fingerprint density at radius 3 is 2.71 bits per heavy atom. The van der Waals surface area contributed by atoms with E-state index in [0.29, 0.717) is 25.6 Å². The van der Waals surface area contributed by atoms with Gasteiger partial charge in [0.1, 0.15) is 0 Å². The molecule has 0 aromatic heterocycles. The monoisotopic (exact) mass is 329 g/mol. The van der Waals surface area contributed by atoms with Crippen molar-refractivity contribution in [3.8, 4) is 0 Å². The fourth-order valence-corrected chi connectivity index (χ4v) is 2.88. The minimum atomic E-state index is -0.192. The number of amides is 3. The van der Waals surface area contributed by atoms with Gasteiger partial charge < -0.3 is 15.5 Å². The Balaban J connectivity index is 1.92. The van der Waals surface area contributed by atoms with Crippen molar-refractivity contribution >= 4 is 17.6 Å². The van der Waals surface area contributed by atoms with Crippen LogP contribution >= 0.6 is 0 Å². The van der Waals surface area contributed by atoms with Crippen molar-refractivity contribution in [2.75, 3.05) is 18.4 Å². The summed E-state index contributed by atoms with van der Waals surface area (Å²) in [7, 11) is 0. The van der Waals surface area contributed by atoms with Crippen LogP contribution < -0.4 is 10.6 Å². The Labute approximate surface area is 144 Å². The van der Waals surface area contributed by atoms with Crippen molar-refractivity contribution < 1.29 is 9.59 Å². The minimum absolute atomic E-state index is 0.0297. The number of allylic oxidation sites excluding steroid dienone is 2. The maximum atomic E-state index is 12.2. The minimum Gasteiger partial charge on any atom is -0.339 e. The van der Waals surface area contributed by atoms with Gasteiger partial charge in [0.05, 0.1) is 0 Å². The predicted molar refractivity (Wildman–Crippen MR) is 96.7 cm³/mol. The Kier molecular flexibility index (Phi) is 6.85. The molecule has 0 aliphatic heterocycles. The molecular formula is C19H27N3O2. The lowest BCUT2D eigenvalue weighted by Gasteiger charge is -2.21. The molecule has 0 unspecified atom stereocenters. The fraction of sp³-hybridized carbons (Fsp3) is 0.474. The lowest BCUT2D eigenvalue weighted by atomic mass is 9.94. The molecule has 1 aliphatic rings. The highest BCUT2D eigenvalue weighted by Crippen LogP contribution is 2.19. The van der Waals surface area contributed by atoms with Gasteiger partial charge in [0.2, 0.25) is 5.91 Å². The number of para-hydroxylation sites is 1. The van der Waals surface area contributed by atoms with Crippen molar-refractivity contribution in [1.29, 1.82) is 0 Å². The molecule has 1 aromatic rings. The van der Waals surface area contributed by atoms with E-state index in [4.69, 9.17) is 0 Å². The van der Waals surface area contributed by atoms with Crippen LogP contribution in [0, 0.1) is 5.92 Å². The maximum absolute atomic E-state index is 12.2. The van der Waals surface area contributed by atoms with Crippen LogP contribution in [-0.2, 0) is 11.3 Å². The summed E-state index contributed by atoms with van der Waals surface area (Å²) < 4.78 is 0. The summed E-state index contributed by atoms with van der Waals surface area (Å²) in [6, 6.07) is 7.41. The number of hydrogen-bond acceptors (Lipinski definition) is 2. The van der Waals surface area contributed by atoms with Gasteiger partial charge in [-0.05, 0) is 43.7 Å². The third-order valence-electron chi connectivity index (χ3n) is 4.38. The maximum Gasteiger partial charge on any atom is 0.319 e. The molecule has 0 heterocycles. The third-order valence-corrected chi connectivity index (χ3v) is 4.38. The zero-order valence-electron chi connectivity index (χ0n) is 14.5. The van der Waals surface area contributed by atoms with E-state index in [0.717, 1.165) is 30.5 Å². The number of hydrogen-bond donors (Lipinski definition) is 2. The topological polar surface area (TPSA) is 61.4 Å². The average Bonchev–Trinajstić information content (AvgIpc) is 2.59. The van der Waals surface area contributed by atoms with E-state index >= 15 is 0 Å². The van der Waals surface area contributed by atoms with Gasteiger partial charge in [-0.3, -0.25) is 4.79 Å². The summed E-state index contributed by atoms with van der Waals surface area (Å²) in [6.45, 7) is 5.33. The van der Waals surface area contributed by atoms with Crippen LogP contribution in [0.15, 0.2) is 36.4 Å². The lowest BCUT2D eigenvalue weighted by molar-refractivity contribution is -0.129. The second-order valence-corrected chi connectivity index (χ2v) is 6.18. The van der Waals surface area contributed by atoms with Gasteiger partial charge in [0.15, 0.2) is 0 Å². The first-order chi connectivity index (χ1) is 11.6. The number of urea groups is 1. The zero-order valence-corrected chi connectivity index (χ0v) is 14.5. The summed E-state index contributed by atoms with van der Waals surface area (Å²) in [5.74, 6) is 0.548. The molecule has 5 nitrogen and oxygen atoms in total. The van der Waals surface area contributed by atoms with Gasteiger partial charge in [-0.2, -0.15) is 0 Å². The van der Waals surface area contributed by atoms with Gasteiger partial charge in [-0.15, -0.1) is 0 Å². The molecule has 1 aliphatic carbocycles. The first-order valence-corrected chi connectivity index (χ1v) is 8.63. The van der Waals surface area contributed by atoms with Gasteiger partial charge in [0, 0.05) is 32.2 Å². The van der Waals surface area contributed by atoms with E-state index in [9.17, 15) is 9.59 Å². The van der Waals surface area contributed by atoms with Crippen LogP contribution in [-0.4, -0.2) is 29.9 Å². The van der Waals surface area contributed by atoms with E-state index in [1.165, 1.54) is 0 Å². The molecule has 0 saturated heterocycles. The first kappa shape index (κ1) is 18.0. The molecular weight excluding hydrogens is 302 g/mol. The Morgan fingerprint density at radius 1 is 1.25 bits per heavy atom. The van der Waals surface area contributed by atoms with Gasteiger partial charge in [-0.25, -0.2) is 4.79 Å². The van der Waals surface area contributed by atoms with E-state index in [2.05, 4.69) is 22.8 Å². The zero-order chi connectivity index (χ0) is 17.4. The SMILES string of the molecule is CCN(Cc1ccccc1NC(=O)NC[C@@H]1CC=CCC1)C(C)=O. The summed E-state index contributed by atoms with van der Waals surface area (Å²) in [4.78, 5) is 25.5. The second kappa shape index (κ2) is 9.11. The van der Waals surface area contributed by atoms with Crippen LogP contribution in [0.3, 0.4) is 0 Å². The van der Waals surface area contributed by atoms with E-state index in [1.807, 2.05) is 31.2 Å². The molecule has 0 bridgehead atoms. The molecule has 130 valence electrons. The number of benzene rings is 1. The quantitative estimate of drug-likeness (QED) is 0.784. The van der Waals surface area contributed by atoms with Crippen molar-refractivity contribution in [3.63, 3.8) is 0 Å². The molecule has 0 spiro atoms. The largest absolute Gasteiger partial charge is 0.339 e. The smallest absolute Gasteiger partial charge is 0.319 e. The molecule has 1 aromatic carbocycles. The third kappa shape index (κ3) is 5.41. The van der Waals surface area contributed by atoms with Crippen LogP contribution in [0.4, 0.5) is 10.5 Å². The molecule has 1 atom stereocenters. The summed E-state index contributed by atoms with van der Waals surface area (Å²) in [5.41, 5.74) is 1.68. The number of nitrogens with zero attached hydrogens (tertiary/aromatic N) is 1. The van der Waals surface area contributed by atoms with Crippen LogP contribution in [0.5, 0.6) is 0 Å². The fourth-order valence-electron chi connectivity index (χ4n) is 2.88. The number of rotatable bonds is 6. The van der Waals surface area contributed by atoms with Crippen molar-refractivity contribution in [2.45, 2.75) is 39.7 Å². The Hall–Kier alpha value is -2.30. The number of carbonyl (C=O) groups excluding carboxylic acids is 2. The van der Waals surface area contributed by atoms with Crippen LogP contribution in [0.25, 0.3) is 0 Å².